The second-order valence-electron chi connectivity index (χ2n) is 7.11. The molecule has 0 aliphatic carbocycles. The van der Waals surface area contributed by atoms with Crippen molar-refractivity contribution < 1.29 is 0 Å². The maximum Gasteiger partial charge on any atom is 0.0797 e. The zero-order chi connectivity index (χ0) is 20.3. The maximum atomic E-state index is 5.78. The fourth-order valence-corrected chi connectivity index (χ4v) is 3.69. The van der Waals surface area contributed by atoms with Gasteiger partial charge in [-0.15, -0.1) is 0 Å². The van der Waals surface area contributed by atoms with Gasteiger partial charge in [-0.1, -0.05) is 54.6 Å². The van der Waals surface area contributed by atoms with E-state index in [1.165, 1.54) is 0 Å². The molecule has 3 aromatic heterocycles. The molecule has 0 amide bonds. The van der Waals surface area contributed by atoms with Gasteiger partial charge < -0.3 is 5.73 Å². The Morgan fingerprint density at radius 1 is 0.667 bits per heavy atom. The minimum atomic E-state index is 0.526. The molecule has 4 nitrogen and oxygen atoms in total. The Bertz CT molecular complexity index is 1300. The second-order valence-corrected chi connectivity index (χ2v) is 7.11. The van der Waals surface area contributed by atoms with E-state index in [-0.39, 0.29) is 0 Å². The molecule has 3 heterocycles. The second kappa shape index (κ2) is 7.85. The molecule has 0 saturated heterocycles. The Hall–Kier alpha value is -3.89. The zero-order valence-corrected chi connectivity index (χ0v) is 16.4. The lowest BCUT2D eigenvalue weighted by Crippen LogP contribution is -1.97. The highest BCUT2D eigenvalue weighted by molar-refractivity contribution is 5.98. The van der Waals surface area contributed by atoms with E-state index in [1.807, 2.05) is 42.6 Å². The summed E-state index contributed by atoms with van der Waals surface area (Å²) in [6.45, 7) is 0.526. The average molecular weight is 388 g/mol. The quantitative estimate of drug-likeness (QED) is 0.442. The number of benzene rings is 2. The van der Waals surface area contributed by atoms with E-state index in [0.29, 0.717) is 6.54 Å². The van der Waals surface area contributed by atoms with Gasteiger partial charge in [-0.25, -0.2) is 4.98 Å². The fourth-order valence-electron chi connectivity index (χ4n) is 3.69. The summed E-state index contributed by atoms with van der Waals surface area (Å²) in [5.41, 5.74) is 13.9. The molecule has 0 aliphatic rings. The van der Waals surface area contributed by atoms with E-state index in [0.717, 1.165) is 50.1 Å². The monoisotopic (exact) mass is 388 g/mol. The van der Waals surface area contributed by atoms with Gasteiger partial charge in [-0.2, -0.15) is 0 Å². The van der Waals surface area contributed by atoms with Crippen LogP contribution in [0.4, 0.5) is 0 Å². The molecular formula is C26H20N4. The van der Waals surface area contributed by atoms with Crippen LogP contribution in [0.25, 0.3) is 44.5 Å². The molecule has 5 rings (SSSR count). The number of rotatable bonds is 4. The largest absolute Gasteiger partial charge is 0.326 e. The number of pyridine rings is 3. The molecule has 0 fully saturated rings. The summed E-state index contributed by atoms with van der Waals surface area (Å²) in [4.78, 5) is 13.9. The highest BCUT2D eigenvalue weighted by Gasteiger charge is 2.14. The van der Waals surface area contributed by atoms with Gasteiger partial charge in [0, 0.05) is 47.2 Å². The molecule has 4 heteroatoms. The van der Waals surface area contributed by atoms with Crippen LogP contribution in [0.15, 0.2) is 97.5 Å². The summed E-state index contributed by atoms with van der Waals surface area (Å²) in [5, 5.41) is 1.02. The Morgan fingerprint density at radius 2 is 1.40 bits per heavy atom. The Kier molecular flexibility index (Phi) is 4.75. The van der Waals surface area contributed by atoms with Crippen molar-refractivity contribution in [3.63, 3.8) is 0 Å². The van der Waals surface area contributed by atoms with Crippen molar-refractivity contribution in [2.45, 2.75) is 6.54 Å². The first-order chi connectivity index (χ1) is 14.8. The Balaban J connectivity index is 1.79. The number of nitrogens with two attached hydrogens (primary N) is 1. The number of hydrogen-bond donors (Lipinski definition) is 1. The zero-order valence-electron chi connectivity index (χ0n) is 16.4. The van der Waals surface area contributed by atoms with Crippen LogP contribution in [0.2, 0.25) is 0 Å². The molecule has 144 valence electrons. The van der Waals surface area contributed by atoms with Crippen LogP contribution in [0.3, 0.4) is 0 Å². The summed E-state index contributed by atoms with van der Waals surface area (Å²) in [6, 6.07) is 26.8. The third-order valence-corrected chi connectivity index (χ3v) is 5.24. The summed E-state index contributed by atoms with van der Waals surface area (Å²) < 4.78 is 0. The predicted octanol–water partition coefficient (Wildman–Crippen LogP) is 5.48. The highest BCUT2D eigenvalue weighted by Crippen LogP contribution is 2.36. The normalized spacial score (nSPS) is 11.0. The first-order valence-corrected chi connectivity index (χ1v) is 9.88. The van der Waals surface area contributed by atoms with E-state index in [2.05, 4.69) is 52.4 Å². The van der Waals surface area contributed by atoms with Gasteiger partial charge in [-0.05, 0) is 35.4 Å². The van der Waals surface area contributed by atoms with Gasteiger partial charge in [0.25, 0.3) is 0 Å². The van der Waals surface area contributed by atoms with Crippen molar-refractivity contribution in [2.75, 3.05) is 0 Å². The van der Waals surface area contributed by atoms with Gasteiger partial charge in [0.15, 0.2) is 0 Å². The molecular weight excluding hydrogens is 368 g/mol. The van der Waals surface area contributed by atoms with Crippen molar-refractivity contribution in [3.8, 4) is 33.6 Å². The molecule has 2 aromatic carbocycles. The molecule has 2 N–H and O–H groups in total. The van der Waals surface area contributed by atoms with Crippen molar-refractivity contribution >= 4 is 10.9 Å². The smallest absolute Gasteiger partial charge is 0.0797 e. The molecule has 0 spiro atoms. The molecule has 0 bridgehead atoms. The van der Waals surface area contributed by atoms with Crippen molar-refractivity contribution in [1.29, 1.82) is 0 Å². The van der Waals surface area contributed by atoms with Crippen LogP contribution in [-0.4, -0.2) is 15.0 Å². The van der Waals surface area contributed by atoms with Gasteiger partial charge >= 0.3 is 0 Å². The van der Waals surface area contributed by atoms with Crippen molar-refractivity contribution in [1.82, 2.24) is 15.0 Å². The Labute approximate surface area is 175 Å². The van der Waals surface area contributed by atoms with Gasteiger partial charge in [0.05, 0.1) is 16.9 Å². The number of aromatic nitrogens is 3. The topological polar surface area (TPSA) is 64.7 Å². The van der Waals surface area contributed by atoms with Crippen LogP contribution < -0.4 is 5.73 Å². The van der Waals surface area contributed by atoms with E-state index >= 15 is 0 Å². The van der Waals surface area contributed by atoms with Crippen LogP contribution in [0.5, 0.6) is 0 Å². The molecule has 0 aliphatic heterocycles. The minimum absolute atomic E-state index is 0.526. The van der Waals surface area contributed by atoms with Gasteiger partial charge in [-0.3, -0.25) is 9.97 Å². The molecule has 0 unspecified atom stereocenters. The van der Waals surface area contributed by atoms with Gasteiger partial charge in [0.1, 0.15) is 0 Å². The Morgan fingerprint density at radius 3 is 2.13 bits per heavy atom. The first-order valence-electron chi connectivity index (χ1n) is 9.88. The molecule has 0 saturated carbocycles. The lowest BCUT2D eigenvalue weighted by atomic mass is 9.96. The van der Waals surface area contributed by atoms with E-state index < -0.39 is 0 Å². The van der Waals surface area contributed by atoms with Crippen LogP contribution in [0, 0.1) is 0 Å². The van der Waals surface area contributed by atoms with Crippen LogP contribution >= 0.6 is 0 Å². The van der Waals surface area contributed by atoms with Gasteiger partial charge in [0.2, 0.25) is 0 Å². The average Bonchev–Trinajstić information content (AvgIpc) is 2.84. The molecule has 5 aromatic rings. The molecule has 30 heavy (non-hydrogen) atoms. The predicted molar refractivity (Wildman–Crippen MR) is 122 cm³/mol. The van der Waals surface area contributed by atoms with E-state index in [1.54, 1.807) is 12.4 Å². The number of nitrogens with zero attached hydrogens (tertiary/aromatic N) is 3. The maximum absolute atomic E-state index is 5.78. The van der Waals surface area contributed by atoms with Crippen LogP contribution in [0.1, 0.15) is 5.56 Å². The highest BCUT2D eigenvalue weighted by atomic mass is 14.7. The van der Waals surface area contributed by atoms with E-state index in [4.69, 9.17) is 10.7 Å². The summed E-state index contributed by atoms with van der Waals surface area (Å²) in [5.74, 6) is 0. The number of hydrogen-bond acceptors (Lipinski definition) is 4. The molecule has 0 radical (unpaired) electrons. The summed E-state index contributed by atoms with van der Waals surface area (Å²) in [6.07, 6.45) is 5.39. The molecule has 0 atom stereocenters. The lowest BCUT2D eigenvalue weighted by molar-refractivity contribution is 1.07. The summed E-state index contributed by atoms with van der Waals surface area (Å²) >= 11 is 0. The lowest BCUT2D eigenvalue weighted by Gasteiger charge is -2.14. The standard InChI is InChI=1S/C26H20N4/c27-17-18-6-8-20(9-7-18)26-22(19-4-2-1-3-5-19)16-23-24(30-26)12-15-29-25(23)21-10-13-28-14-11-21/h1-16H,17,27H2. The SMILES string of the molecule is NCc1ccc(-c2nc3ccnc(-c4ccncc4)c3cc2-c2ccccc2)cc1. The minimum Gasteiger partial charge on any atom is -0.326 e. The summed E-state index contributed by atoms with van der Waals surface area (Å²) in [7, 11) is 0. The van der Waals surface area contributed by atoms with Crippen molar-refractivity contribution in [2.24, 2.45) is 5.73 Å². The van der Waals surface area contributed by atoms with Crippen LogP contribution in [-0.2, 0) is 6.54 Å². The van der Waals surface area contributed by atoms with Crippen molar-refractivity contribution in [3.05, 3.63) is 103 Å². The number of fused-ring (bicyclic) bond motifs is 1. The first kappa shape index (κ1) is 18.2. The van der Waals surface area contributed by atoms with E-state index in [9.17, 15) is 0 Å². The fraction of sp³-hybridized carbons (Fsp3) is 0.0385. The third-order valence-electron chi connectivity index (χ3n) is 5.24. The third kappa shape index (κ3) is 3.34.